The molecule has 3 rings (SSSR count). The van der Waals surface area contributed by atoms with Crippen molar-refractivity contribution in [1.82, 2.24) is 9.88 Å². The lowest BCUT2D eigenvalue weighted by Gasteiger charge is -2.39. The summed E-state index contributed by atoms with van der Waals surface area (Å²) in [5.74, 6) is 2.00. The van der Waals surface area contributed by atoms with E-state index >= 15 is 0 Å². The quantitative estimate of drug-likeness (QED) is 0.923. The van der Waals surface area contributed by atoms with Gasteiger partial charge in [-0.2, -0.15) is 0 Å². The number of pyridine rings is 1. The number of hydrogen-bond donors (Lipinski definition) is 1. The van der Waals surface area contributed by atoms with E-state index in [2.05, 4.69) is 40.8 Å². The summed E-state index contributed by atoms with van der Waals surface area (Å²) in [6.45, 7) is 7.69. The third-order valence-electron chi connectivity index (χ3n) is 5.58. The molecule has 132 valence electrons. The molecule has 0 radical (unpaired) electrons. The standard InChI is InChI=1S/C19H30N4O/c1-14-5-6-18(21-12-14)22-10-7-16(8-11-22)19(24)23-9-3-4-17(13-23)15(2)20/h5-6,12,15-17H,3-4,7-11,13,20H2,1-2H3. The molecule has 0 bridgehead atoms. The summed E-state index contributed by atoms with van der Waals surface area (Å²) in [7, 11) is 0. The predicted octanol–water partition coefficient (Wildman–Crippen LogP) is 2.19. The number of rotatable bonds is 3. The second-order valence-electron chi connectivity index (χ2n) is 7.50. The first-order valence-electron chi connectivity index (χ1n) is 9.26. The molecule has 5 heteroatoms. The Morgan fingerprint density at radius 1 is 1.25 bits per heavy atom. The molecule has 2 atom stereocenters. The molecule has 0 saturated carbocycles. The van der Waals surface area contributed by atoms with Crippen molar-refractivity contribution in [3.05, 3.63) is 23.9 Å². The van der Waals surface area contributed by atoms with Crippen molar-refractivity contribution in [2.24, 2.45) is 17.6 Å². The van der Waals surface area contributed by atoms with Crippen LogP contribution in [0.5, 0.6) is 0 Å². The van der Waals surface area contributed by atoms with E-state index in [-0.39, 0.29) is 12.0 Å². The van der Waals surface area contributed by atoms with Gasteiger partial charge >= 0.3 is 0 Å². The molecule has 2 aliphatic rings. The predicted molar refractivity (Wildman–Crippen MR) is 96.9 cm³/mol. The SMILES string of the molecule is Cc1ccc(N2CCC(C(=O)N3CCCC(C(C)N)C3)CC2)nc1. The Morgan fingerprint density at radius 3 is 2.62 bits per heavy atom. The normalized spacial score (nSPS) is 24.0. The average molecular weight is 330 g/mol. The van der Waals surface area contributed by atoms with Crippen LogP contribution in [0.25, 0.3) is 0 Å². The van der Waals surface area contributed by atoms with Crippen molar-refractivity contribution in [2.45, 2.75) is 45.6 Å². The van der Waals surface area contributed by atoms with Crippen molar-refractivity contribution >= 4 is 11.7 Å². The van der Waals surface area contributed by atoms with Crippen molar-refractivity contribution in [3.8, 4) is 0 Å². The summed E-state index contributed by atoms with van der Waals surface area (Å²) in [5.41, 5.74) is 7.23. The summed E-state index contributed by atoms with van der Waals surface area (Å²) >= 11 is 0. The molecule has 0 aromatic carbocycles. The van der Waals surface area contributed by atoms with Crippen LogP contribution in [-0.2, 0) is 4.79 Å². The minimum absolute atomic E-state index is 0.165. The molecule has 1 amide bonds. The van der Waals surface area contributed by atoms with Gasteiger partial charge in [-0.05, 0) is 57.1 Å². The molecule has 0 aliphatic carbocycles. The Balaban J connectivity index is 1.54. The van der Waals surface area contributed by atoms with Crippen LogP contribution in [0.2, 0.25) is 0 Å². The van der Waals surface area contributed by atoms with Gasteiger partial charge in [-0.3, -0.25) is 4.79 Å². The molecule has 5 nitrogen and oxygen atoms in total. The van der Waals surface area contributed by atoms with Gasteiger partial charge in [0.05, 0.1) is 0 Å². The zero-order chi connectivity index (χ0) is 17.1. The van der Waals surface area contributed by atoms with E-state index in [9.17, 15) is 4.79 Å². The molecule has 3 heterocycles. The highest BCUT2D eigenvalue weighted by atomic mass is 16.2. The van der Waals surface area contributed by atoms with Crippen molar-refractivity contribution < 1.29 is 4.79 Å². The number of carbonyl (C=O) groups excluding carboxylic acids is 1. The number of likely N-dealkylation sites (tertiary alicyclic amines) is 1. The monoisotopic (exact) mass is 330 g/mol. The molecule has 1 aromatic heterocycles. The van der Waals surface area contributed by atoms with E-state index in [1.807, 2.05) is 6.20 Å². The van der Waals surface area contributed by atoms with E-state index in [4.69, 9.17) is 5.73 Å². The van der Waals surface area contributed by atoms with Crippen LogP contribution in [0, 0.1) is 18.8 Å². The number of piperidine rings is 2. The van der Waals surface area contributed by atoms with Crippen LogP contribution in [0.3, 0.4) is 0 Å². The summed E-state index contributed by atoms with van der Waals surface area (Å²) in [5, 5.41) is 0. The summed E-state index contributed by atoms with van der Waals surface area (Å²) < 4.78 is 0. The average Bonchev–Trinajstić information content (AvgIpc) is 2.62. The van der Waals surface area contributed by atoms with E-state index in [0.29, 0.717) is 11.8 Å². The minimum Gasteiger partial charge on any atom is -0.357 e. The highest BCUT2D eigenvalue weighted by molar-refractivity contribution is 5.79. The zero-order valence-corrected chi connectivity index (χ0v) is 14.9. The Morgan fingerprint density at radius 2 is 2.00 bits per heavy atom. The van der Waals surface area contributed by atoms with Gasteiger partial charge in [0.15, 0.2) is 0 Å². The van der Waals surface area contributed by atoms with Gasteiger partial charge in [0.25, 0.3) is 0 Å². The molecule has 1 aromatic rings. The lowest BCUT2D eigenvalue weighted by atomic mass is 9.89. The summed E-state index contributed by atoms with van der Waals surface area (Å²) in [6, 6.07) is 4.35. The largest absolute Gasteiger partial charge is 0.357 e. The molecule has 2 unspecified atom stereocenters. The van der Waals surface area contributed by atoms with E-state index < -0.39 is 0 Å². The van der Waals surface area contributed by atoms with Gasteiger partial charge in [0, 0.05) is 44.3 Å². The fourth-order valence-electron chi connectivity index (χ4n) is 3.90. The molecule has 2 saturated heterocycles. The van der Waals surface area contributed by atoms with E-state index in [1.54, 1.807) is 0 Å². The number of carbonyl (C=O) groups is 1. The molecule has 2 fully saturated rings. The van der Waals surface area contributed by atoms with Crippen LogP contribution < -0.4 is 10.6 Å². The lowest BCUT2D eigenvalue weighted by molar-refractivity contribution is -0.138. The number of nitrogens with zero attached hydrogens (tertiary/aromatic N) is 3. The number of aryl methyl sites for hydroxylation is 1. The topological polar surface area (TPSA) is 62.5 Å². The van der Waals surface area contributed by atoms with Crippen LogP contribution in [0.1, 0.15) is 38.2 Å². The smallest absolute Gasteiger partial charge is 0.225 e. The molecule has 2 N–H and O–H groups in total. The number of hydrogen-bond acceptors (Lipinski definition) is 4. The summed E-state index contributed by atoms with van der Waals surface area (Å²) in [6.07, 6.45) is 6.00. The molecule has 2 aliphatic heterocycles. The van der Waals surface area contributed by atoms with Crippen LogP contribution in [0.15, 0.2) is 18.3 Å². The lowest BCUT2D eigenvalue weighted by Crippen LogP contribution is -2.49. The second-order valence-corrected chi connectivity index (χ2v) is 7.50. The second kappa shape index (κ2) is 7.51. The van der Waals surface area contributed by atoms with E-state index in [1.165, 1.54) is 5.56 Å². The Bertz CT molecular complexity index is 549. The molecular formula is C19H30N4O. The van der Waals surface area contributed by atoms with Gasteiger partial charge in [-0.25, -0.2) is 4.98 Å². The third kappa shape index (κ3) is 3.89. The van der Waals surface area contributed by atoms with Gasteiger partial charge in [0.1, 0.15) is 5.82 Å². The first-order chi connectivity index (χ1) is 11.5. The number of amides is 1. The van der Waals surface area contributed by atoms with Crippen LogP contribution >= 0.6 is 0 Å². The number of nitrogens with two attached hydrogens (primary N) is 1. The van der Waals surface area contributed by atoms with Crippen molar-refractivity contribution in [3.63, 3.8) is 0 Å². The Kier molecular flexibility index (Phi) is 5.39. The number of aromatic nitrogens is 1. The fourth-order valence-corrected chi connectivity index (χ4v) is 3.90. The maximum atomic E-state index is 12.9. The van der Waals surface area contributed by atoms with Crippen molar-refractivity contribution in [2.75, 3.05) is 31.1 Å². The van der Waals surface area contributed by atoms with Crippen molar-refractivity contribution in [1.29, 1.82) is 0 Å². The molecular weight excluding hydrogens is 300 g/mol. The fraction of sp³-hybridized carbons (Fsp3) is 0.684. The minimum atomic E-state index is 0.165. The highest BCUT2D eigenvalue weighted by Crippen LogP contribution is 2.26. The van der Waals surface area contributed by atoms with Crippen LogP contribution in [-0.4, -0.2) is 48.0 Å². The summed E-state index contributed by atoms with van der Waals surface area (Å²) in [4.78, 5) is 21.7. The maximum absolute atomic E-state index is 12.9. The van der Waals surface area contributed by atoms with Gasteiger partial charge in [-0.15, -0.1) is 0 Å². The maximum Gasteiger partial charge on any atom is 0.225 e. The zero-order valence-electron chi connectivity index (χ0n) is 14.9. The first kappa shape index (κ1) is 17.2. The highest BCUT2D eigenvalue weighted by Gasteiger charge is 2.32. The molecule has 24 heavy (non-hydrogen) atoms. The van der Waals surface area contributed by atoms with Gasteiger partial charge in [-0.1, -0.05) is 6.07 Å². The van der Waals surface area contributed by atoms with E-state index in [0.717, 1.165) is 57.7 Å². The Labute approximate surface area is 145 Å². The number of anilines is 1. The third-order valence-corrected chi connectivity index (χ3v) is 5.58. The van der Waals surface area contributed by atoms with Crippen LogP contribution in [0.4, 0.5) is 5.82 Å². The first-order valence-corrected chi connectivity index (χ1v) is 9.26. The van der Waals surface area contributed by atoms with Gasteiger partial charge < -0.3 is 15.5 Å². The van der Waals surface area contributed by atoms with Gasteiger partial charge in [0.2, 0.25) is 5.91 Å². The molecule has 0 spiro atoms. The Hall–Kier alpha value is -1.62.